The van der Waals surface area contributed by atoms with Gasteiger partial charge in [0.2, 0.25) is 0 Å². The van der Waals surface area contributed by atoms with Crippen LogP contribution in [-0.2, 0) is 21.8 Å². The number of ether oxygens (including phenoxy) is 3. The van der Waals surface area contributed by atoms with Crippen LogP contribution in [0.25, 0.3) is 0 Å². The summed E-state index contributed by atoms with van der Waals surface area (Å²) < 4.78 is 19.0. The number of benzene rings is 8. The van der Waals surface area contributed by atoms with Gasteiger partial charge in [-0.25, -0.2) is 4.90 Å². The fourth-order valence-electron chi connectivity index (χ4n) is 15.6. The van der Waals surface area contributed by atoms with Gasteiger partial charge in [-0.1, -0.05) is 143 Å². The first kappa shape index (κ1) is 67.5. The lowest BCUT2D eigenvalue weighted by atomic mass is 9.57. The van der Waals surface area contributed by atoms with Gasteiger partial charge < -0.3 is 19.5 Å². The number of hydrogen-bond acceptors (Lipinski definition) is 9. The molecule has 0 spiro atoms. The molecule has 0 bridgehead atoms. The number of hydrogen-bond donors (Lipinski definition) is 1. The van der Waals surface area contributed by atoms with Crippen LogP contribution in [0.1, 0.15) is 239 Å². The van der Waals surface area contributed by atoms with E-state index in [4.69, 9.17) is 14.2 Å². The Bertz CT molecular complexity index is 4260. The van der Waals surface area contributed by atoms with E-state index in [1.807, 2.05) is 139 Å². The summed E-state index contributed by atoms with van der Waals surface area (Å²) in [5.74, 6) is 1.15. The molecule has 2 heterocycles. The van der Waals surface area contributed by atoms with Crippen molar-refractivity contribution < 1.29 is 43.0 Å². The molecular formula is C82H89N3O9. The Hall–Kier alpha value is -9.42. The van der Waals surface area contributed by atoms with Gasteiger partial charge in [0.15, 0.2) is 6.29 Å². The van der Waals surface area contributed by atoms with Gasteiger partial charge in [-0.3, -0.25) is 33.7 Å². The Morgan fingerprint density at radius 3 is 1.38 bits per heavy atom. The summed E-state index contributed by atoms with van der Waals surface area (Å²) in [4.78, 5) is 88.5. The number of aryl methyl sites for hydroxylation is 4. The molecule has 1 N–H and O–H groups in total. The van der Waals surface area contributed by atoms with Gasteiger partial charge in [0.25, 0.3) is 29.5 Å². The van der Waals surface area contributed by atoms with E-state index in [1.54, 1.807) is 54.6 Å². The van der Waals surface area contributed by atoms with Crippen LogP contribution in [0.5, 0.6) is 34.5 Å². The Kier molecular flexibility index (Phi) is 18.8. The lowest BCUT2D eigenvalue weighted by Gasteiger charge is -2.53. The second kappa shape index (κ2) is 26.2. The number of nitrogens with one attached hydrogen (secondary N) is 1. The molecule has 10 rings (SSSR count). The first-order chi connectivity index (χ1) is 44.7. The Morgan fingerprint density at radius 2 is 0.915 bits per heavy atom. The van der Waals surface area contributed by atoms with E-state index in [0.717, 1.165) is 62.1 Å². The van der Waals surface area contributed by atoms with Crippen molar-refractivity contribution in [3.63, 3.8) is 0 Å². The largest absolute Gasteiger partial charge is 0.457 e. The summed E-state index contributed by atoms with van der Waals surface area (Å²) in [6.07, 6.45) is 5.02. The zero-order valence-electron chi connectivity index (χ0n) is 57.5. The highest BCUT2D eigenvalue weighted by Crippen LogP contribution is 2.52. The van der Waals surface area contributed by atoms with Gasteiger partial charge in [0.1, 0.15) is 34.5 Å². The van der Waals surface area contributed by atoms with Crippen LogP contribution in [0.2, 0.25) is 0 Å². The van der Waals surface area contributed by atoms with Crippen molar-refractivity contribution in [1.29, 1.82) is 0 Å². The Balaban J connectivity index is 0.844. The SMILES string of the molecule is CCCC(CC)(NC(=O)c1ccc(Oc2ccc(C(C)(C)C)cc2)cc1C=O)C(CC)(CC)c1c(C)cc(C)c(N2C(=O)c3ccc(Oc4ccc(C(C)(C)c5ccc(Oc6ccc7c(c6)C(=O)N(C(CC)(CC)c6c(C)cccc6C)C7=O)cc5)cc4)cc3C2=O)c1C. The van der Waals surface area contributed by atoms with Crippen LogP contribution >= 0.6 is 0 Å². The van der Waals surface area contributed by atoms with Crippen LogP contribution in [0.15, 0.2) is 152 Å². The predicted octanol–water partition coefficient (Wildman–Crippen LogP) is 19.6. The first-order valence-electron chi connectivity index (χ1n) is 33.2. The molecule has 0 saturated heterocycles. The molecule has 486 valence electrons. The van der Waals surface area contributed by atoms with Crippen LogP contribution in [0.3, 0.4) is 0 Å². The zero-order chi connectivity index (χ0) is 68.0. The summed E-state index contributed by atoms with van der Waals surface area (Å²) in [6.45, 7) is 33.3. The highest BCUT2D eigenvalue weighted by atomic mass is 16.5. The summed E-state index contributed by atoms with van der Waals surface area (Å²) in [6, 6.07) is 46.7. The maximum absolute atomic E-state index is 14.9. The molecule has 0 saturated carbocycles. The average Bonchev–Trinajstić information content (AvgIpc) is 1.23. The first-order valence-corrected chi connectivity index (χ1v) is 33.2. The molecular weight excluding hydrogens is 1170 g/mol. The highest BCUT2D eigenvalue weighted by Gasteiger charge is 2.53. The van der Waals surface area contributed by atoms with E-state index in [-0.39, 0.29) is 45.4 Å². The Morgan fingerprint density at radius 1 is 0.468 bits per heavy atom. The molecule has 0 radical (unpaired) electrons. The van der Waals surface area contributed by atoms with Gasteiger partial charge in [-0.05, 0) is 225 Å². The molecule has 0 aliphatic carbocycles. The molecule has 94 heavy (non-hydrogen) atoms. The van der Waals surface area contributed by atoms with Crippen molar-refractivity contribution in [2.24, 2.45) is 0 Å². The van der Waals surface area contributed by atoms with E-state index in [1.165, 1.54) is 9.80 Å². The van der Waals surface area contributed by atoms with Crippen LogP contribution < -0.4 is 24.4 Å². The third-order valence-electron chi connectivity index (χ3n) is 20.6. The molecule has 2 aliphatic heterocycles. The van der Waals surface area contributed by atoms with Crippen molar-refractivity contribution in [1.82, 2.24) is 10.2 Å². The maximum Gasteiger partial charge on any atom is 0.266 e. The third-order valence-corrected chi connectivity index (χ3v) is 20.6. The molecule has 0 fully saturated rings. The lowest BCUT2D eigenvalue weighted by molar-refractivity contribution is 0.0383. The van der Waals surface area contributed by atoms with E-state index in [9.17, 15) is 28.8 Å². The molecule has 1 unspecified atom stereocenters. The van der Waals surface area contributed by atoms with Crippen molar-refractivity contribution >= 4 is 41.5 Å². The van der Waals surface area contributed by atoms with Crippen molar-refractivity contribution in [3.05, 3.63) is 241 Å². The van der Waals surface area contributed by atoms with Gasteiger partial charge in [0, 0.05) is 21.9 Å². The number of amides is 5. The quantitative estimate of drug-likeness (QED) is 0.0488. The number of rotatable bonds is 23. The minimum absolute atomic E-state index is 0.0247. The number of nitrogens with zero attached hydrogens (tertiary/aromatic N) is 2. The lowest BCUT2D eigenvalue weighted by Crippen LogP contribution is -2.62. The molecule has 8 aromatic carbocycles. The summed E-state index contributed by atoms with van der Waals surface area (Å²) in [7, 11) is 0. The molecule has 2 aliphatic rings. The smallest absolute Gasteiger partial charge is 0.266 e. The van der Waals surface area contributed by atoms with Crippen LogP contribution in [-0.4, -0.2) is 46.3 Å². The summed E-state index contributed by atoms with van der Waals surface area (Å²) >= 11 is 0. The zero-order valence-corrected chi connectivity index (χ0v) is 57.5. The summed E-state index contributed by atoms with van der Waals surface area (Å²) in [5.41, 5.74) is 9.21. The number of aldehydes is 1. The minimum Gasteiger partial charge on any atom is -0.457 e. The minimum atomic E-state index is -0.831. The standard InChI is InChI=1S/C82H89N3O9/c1-17-44-82(22-6,83-73(87)65-41-38-62(46-55(65)49-86)92-59-32-26-56(27-33-59)78(12,13)14)80(18-2,19-3)71-52(9)45-53(10)72(54(71)11)84-74(88)66-42-39-63(47-68(66)75(84)89)93-60-34-28-57(29-35-60)79(15,16)58-30-36-61(37-31-58)94-64-40-43-67-69(48-64)77(91)85(76(67)90)81(20-4,21-5)70-50(7)24-23-25-51(70)8/h23-43,45-49H,17-22,44H2,1-16H3,(H,83,87). The van der Waals surface area contributed by atoms with E-state index in [2.05, 4.69) is 74.6 Å². The number of carbonyl (C=O) groups is 6. The molecule has 12 heteroatoms. The monoisotopic (exact) mass is 1260 g/mol. The van der Waals surface area contributed by atoms with Crippen LogP contribution in [0.4, 0.5) is 5.69 Å². The maximum atomic E-state index is 14.9. The predicted molar refractivity (Wildman–Crippen MR) is 373 cm³/mol. The fraction of sp³-hybridized carbons (Fsp3) is 0.341. The number of imide groups is 2. The van der Waals surface area contributed by atoms with Crippen LogP contribution in [0, 0.1) is 34.6 Å². The highest BCUT2D eigenvalue weighted by molar-refractivity contribution is 6.35. The molecule has 8 aromatic rings. The van der Waals surface area contributed by atoms with E-state index < -0.39 is 33.7 Å². The van der Waals surface area contributed by atoms with E-state index in [0.29, 0.717) is 96.1 Å². The average molecular weight is 1260 g/mol. The topological polar surface area (TPSA) is 149 Å². The van der Waals surface area contributed by atoms with Gasteiger partial charge in [-0.15, -0.1) is 0 Å². The van der Waals surface area contributed by atoms with Crippen molar-refractivity contribution in [2.45, 2.75) is 183 Å². The Labute approximate surface area is 555 Å². The molecule has 0 aromatic heterocycles. The van der Waals surface area contributed by atoms with E-state index >= 15 is 0 Å². The normalized spacial score (nSPS) is 14.0. The van der Waals surface area contributed by atoms with Gasteiger partial charge in [0.05, 0.1) is 39.0 Å². The number of anilines is 1. The number of fused-ring (bicyclic) bond motifs is 2. The second-order valence-corrected chi connectivity index (χ2v) is 27.2. The van der Waals surface area contributed by atoms with Gasteiger partial charge >= 0.3 is 0 Å². The third kappa shape index (κ3) is 11.7. The van der Waals surface area contributed by atoms with Gasteiger partial charge in [-0.2, -0.15) is 0 Å². The van der Waals surface area contributed by atoms with Crippen molar-refractivity contribution in [2.75, 3.05) is 4.90 Å². The molecule has 5 amide bonds. The van der Waals surface area contributed by atoms with Crippen molar-refractivity contribution in [3.8, 4) is 34.5 Å². The molecule has 1 atom stereocenters. The molecule has 12 nitrogen and oxygen atoms in total. The number of carbonyl (C=O) groups excluding carboxylic acids is 6. The summed E-state index contributed by atoms with van der Waals surface area (Å²) in [5, 5.41) is 3.54. The fourth-order valence-corrected chi connectivity index (χ4v) is 15.6. The second-order valence-electron chi connectivity index (χ2n) is 27.2.